The van der Waals surface area contributed by atoms with Crippen LogP contribution < -0.4 is 10.6 Å². The molecule has 3 N–H and O–H groups in total. The minimum absolute atomic E-state index is 0.182. The Bertz CT molecular complexity index is 915. The van der Waals surface area contributed by atoms with Crippen LogP contribution in [0.1, 0.15) is 23.0 Å². The van der Waals surface area contributed by atoms with Gasteiger partial charge in [-0.25, -0.2) is 0 Å². The van der Waals surface area contributed by atoms with Crippen LogP contribution in [0.15, 0.2) is 66.7 Å². The van der Waals surface area contributed by atoms with Crippen molar-refractivity contribution < 1.29 is 9.90 Å². The second-order valence-corrected chi connectivity index (χ2v) is 6.64. The van der Waals surface area contributed by atoms with Crippen LogP contribution in [0.4, 0.5) is 11.5 Å². The molecule has 27 heavy (non-hydrogen) atoms. The van der Waals surface area contributed by atoms with Crippen LogP contribution in [0.2, 0.25) is 5.02 Å². The zero-order valence-corrected chi connectivity index (χ0v) is 15.4. The molecule has 0 spiro atoms. The van der Waals surface area contributed by atoms with Crippen LogP contribution >= 0.6 is 11.6 Å². The van der Waals surface area contributed by atoms with Crippen molar-refractivity contribution >= 4 is 29.0 Å². The molecule has 138 valence electrons. The molecule has 0 saturated carbocycles. The Balaban J connectivity index is 1.62. The lowest BCUT2D eigenvalue weighted by Gasteiger charge is -2.25. The van der Waals surface area contributed by atoms with Gasteiger partial charge in [0.1, 0.15) is 11.4 Å². The standard InChI is InChI=1S/C20H19ClN4O2/c1-20(27,15-9-5-6-10-16(15)21)13-22-18-12-11-17(24-25-18)19(26)23-14-7-3-2-4-8-14/h2-12,27H,13H2,1H3,(H,22,25)(H,23,26). The predicted octanol–water partition coefficient (Wildman–Crippen LogP) is 3.70. The predicted molar refractivity (Wildman–Crippen MR) is 106 cm³/mol. The molecule has 0 aliphatic rings. The van der Waals surface area contributed by atoms with Crippen molar-refractivity contribution in [1.29, 1.82) is 0 Å². The highest BCUT2D eigenvalue weighted by Gasteiger charge is 2.25. The molecule has 2 aromatic carbocycles. The van der Waals surface area contributed by atoms with Gasteiger partial charge in [0.25, 0.3) is 5.91 Å². The average molecular weight is 383 g/mol. The van der Waals surface area contributed by atoms with Gasteiger partial charge in [-0.05, 0) is 37.3 Å². The maximum absolute atomic E-state index is 12.2. The average Bonchev–Trinajstić information content (AvgIpc) is 2.68. The van der Waals surface area contributed by atoms with Crippen molar-refractivity contribution in [3.8, 4) is 0 Å². The number of anilines is 2. The smallest absolute Gasteiger partial charge is 0.276 e. The van der Waals surface area contributed by atoms with E-state index < -0.39 is 5.60 Å². The van der Waals surface area contributed by atoms with Gasteiger partial charge in [0.2, 0.25) is 0 Å². The van der Waals surface area contributed by atoms with Crippen LogP contribution in [0.25, 0.3) is 0 Å². The number of aromatic nitrogens is 2. The number of carbonyl (C=O) groups excluding carboxylic acids is 1. The van der Waals surface area contributed by atoms with Gasteiger partial charge in [-0.2, -0.15) is 0 Å². The van der Waals surface area contributed by atoms with Crippen molar-refractivity contribution in [3.63, 3.8) is 0 Å². The number of halogens is 1. The van der Waals surface area contributed by atoms with E-state index in [1.54, 1.807) is 49.4 Å². The van der Waals surface area contributed by atoms with E-state index in [1.165, 1.54) is 0 Å². The quantitative estimate of drug-likeness (QED) is 0.605. The third-order valence-corrected chi connectivity index (χ3v) is 4.33. The number of aliphatic hydroxyl groups is 1. The van der Waals surface area contributed by atoms with E-state index >= 15 is 0 Å². The van der Waals surface area contributed by atoms with Crippen LogP contribution in [0.5, 0.6) is 0 Å². The number of rotatable bonds is 6. The summed E-state index contributed by atoms with van der Waals surface area (Å²) in [5, 5.41) is 24.9. The van der Waals surface area contributed by atoms with Gasteiger partial charge < -0.3 is 15.7 Å². The SMILES string of the molecule is CC(O)(CNc1ccc(C(=O)Nc2ccccc2)nn1)c1ccccc1Cl. The molecule has 1 aromatic heterocycles. The molecular weight excluding hydrogens is 364 g/mol. The molecule has 0 radical (unpaired) electrons. The molecule has 1 atom stereocenters. The van der Waals surface area contributed by atoms with E-state index in [1.807, 2.05) is 24.3 Å². The van der Waals surface area contributed by atoms with Crippen molar-refractivity contribution in [3.05, 3.63) is 83.0 Å². The Morgan fingerprint density at radius 2 is 1.74 bits per heavy atom. The van der Waals surface area contributed by atoms with Crippen LogP contribution in [0.3, 0.4) is 0 Å². The van der Waals surface area contributed by atoms with Gasteiger partial charge in [-0.15, -0.1) is 10.2 Å². The highest BCUT2D eigenvalue weighted by molar-refractivity contribution is 6.31. The monoisotopic (exact) mass is 382 g/mol. The van der Waals surface area contributed by atoms with Gasteiger partial charge in [0.15, 0.2) is 5.69 Å². The summed E-state index contributed by atoms with van der Waals surface area (Å²) < 4.78 is 0. The highest BCUT2D eigenvalue weighted by Crippen LogP contribution is 2.27. The molecule has 0 aliphatic heterocycles. The fraction of sp³-hybridized carbons (Fsp3) is 0.150. The van der Waals surface area contributed by atoms with Crippen molar-refractivity contribution in [1.82, 2.24) is 10.2 Å². The molecular formula is C20H19ClN4O2. The number of carbonyl (C=O) groups is 1. The first kappa shape index (κ1) is 18.8. The van der Waals surface area contributed by atoms with Gasteiger partial charge in [0.05, 0.1) is 0 Å². The molecule has 0 saturated heterocycles. The summed E-state index contributed by atoms with van der Waals surface area (Å²) in [4.78, 5) is 12.2. The van der Waals surface area contributed by atoms with E-state index in [9.17, 15) is 9.90 Å². The summed E-state index contributed by atoms with van der Waals surface area (Å²) in [5.74, 6) is 0.0990. The Kier molecular flexibility index (Phi) is 5.69. The molecule has 7 heteroatoms. The minimum Gasteiger partial charge on any atom is -0.384 e. The van der Waals surface area contributed by atoms with Gasteiger partial charge in [-0.3, -0.25) is 4.79 Å². The molecule has 0 aliphatic carbocycles. The second-order valence-electron chi connectivity index (χ2n) is 6.23. The molecule has 6 nitrogen and oxygen atoms in total. The van der Waals surface area contributed by atoms with E-state index in [0.29, 0.717) is 22.1 Å². The van der Waals surface area contributed by atoms with E-state index in [2.05, 4.69) is 20.8 Å². The second kappa shape index (κ2) is 8.16. The molecule has 0 fully saturated rings. The molecule has 3 aromatic rings. The van der Waals surface area contributed by atoms with Gasteiger partial charge >= 0.3 is 0 Å². The van der Waals surface area contributed by atoms with Crippen molar-refractivity contribution in [2.24, 2.45) is 0 Å². The number of hydrogen-bond donors (Lipinski definition) is 3. The summed E-state index contributed by atoms with van der Waals surface area (Å²) in [7, 11) is 0. The minimum atomic E-state index is -1.19. The summed E-state index contributed by atoms with van der Waals surface area (Å²) in [6.45, 7) is 1.84. The number of benzene rings is 2. The topological polar surface area (TPSA) is 87.1 Å². The number of hydrogen-bond acceptors (Lipinski definition) is 5. The third-order valence-electron chi connectivity index (χ3n) is 4.00. The first-order chi connectivity index (χ1) is 13.0. The largest absolute Gasteiger partial charge is 0.384 e. The zero-order chi connectivity index (χ0) is 19.3. The Hall–Kier alpha value is -2.96. The molecule has 1 amide bonds. The fourth-order valence-electron chi connectivity index (χ4n) is 2.52. The Morgan fingerprint density at radius 3 is 2.41 bits per heavy atom. The lowest BCUT2D eigenvalue weighted by Crippen LogP contribution is -2.31. The first-order valence-electron chi connectivity index (χ1n) is 8.37. The number of para-hydroxylation sites is 1. The number of amides is 1. The van der Waals surface area contributed by atoms with Gasteiger partial charge in [-0.1, -0.05) is 48.0 Å². The fourth-order valence-corrected chi connectivity index (χ4v) is 2.86. The number of nitrogens with zero attached hydrogens (tertiary/aromatic N) is 2. The molecule has 1 heterocycles. The number of nitrogens with one attached hydrogen (secondary N) is 2. The van der Waals surface area contributed by atoms with Crippen LogP contribution in [-0.4, -0.2) is 27.8 Å². The first-order valence-corrected chi connectivity index (χ1v) is 8.75. The van der Waals surface area contributed by atoms with Gasteiger partial charge in [0, 0.05) is 22.8 Å². The van der Waals surface area contributed by atoms with E-state index in [0.717, 1.165) is 0 Å². The lowest BCUT2D eigenvalue weighted by molar-refractivity contribution is 0.0715. The highest BCUT2D eigenvalue weighted by atomic mass is 35.5. The molecule has 0 bridgehead atoms. The van der Waals surface area contributed by atoms with Crippen LogP contribution in [-0.2, 0) is 5.60 Å². The Morgan fingerprint density at radius 1 is 1.04 bits per heavy atom. The maximum Gasteiger partial charge on any atom is 0.276 e. The van der Waals surface area contributed by atoms with Crippen LogP contribution in [0, 0.1) is 0 Å². The summed E-state index contributed by atoms with van der Waals surface area (Å²) in [5.41, 5.74) is 0.305. The molecule has 1 unspecified atom stereocenters. The zero-order valence-electron chi connectivity index (χ0n) is 14.7. The van der Waals surface area contributed by atoms with Crippen molar-refractivity contribution in [2.45, 2.75) is 12.5 Å². The Labute approximate surface area is 162 Å². The normalized spacial score (nSPS) is 12.9. The van der Waals surface area contributed by atoms with E-state index in [4.69, 9.17) is 11.6 Å². The third kappa shape index (κ3) is 4.81. The summed E-state index contributed by atoms with van der Waals surface area (Å²) in [6, 6.07) is 19.4. The molecule has 3 rings (SSSR count). The lowest BCUT2D eigenvalue weighted by atomic mass is 9.96. The summed E-state index contributed by atoms with van der Waals surface area (Å²) >= 11 is 6.15. The summed E-state index contributed by atoms with van der Waals surface area (Å²) in [6.07, 6.45) is 0. The van der Waals surface area contributed by atoms with E-state index in [-0.39, 0.29) is 18.1 Å². The van der Waals surface area contributed by atoms with Crippen molar-refractivity contribution in [2.75, 3.05) is 17.2 Å². The maximum atomic E-state index is 12.2.